The van der Waals surface area contributed by atoms with Gasteiger partial charge in [-0.3, -0.25) is 14.7 Å². The van der Waals surface area contributed by atoms with Crippen LogP contribution in [0.5, 0.6) is 0 Å². The van der Waals surface area contributed by atoms with Gasteiger partial charge in [0, 0.05) is 31.2 Å². The minimum Gasteiger partial charge on any atom is -0.355 e. The molecule has 6 nitrogen and oxygen atoms in total. The molecule has 2 unspecified atom stereocenters. The first-order valence-electron chi connectivity index (χ1n) is 8.74. The van der Waals surface area contributed by atoms with Crippen LogP contribution in [0.15, 0.2) is 4.99 Å². The number of aliphatic imine (C=N–C) groups is 1. The Morgan fingerprint density at radius 3 is 2.50 bits per heavy atom. The Kier molecular flexibility index (Phi) is 10.9. The number of likely N-dealkylation sites (tertiary alicyclic amines) is 1. The van der Waals surface area contributed by atoms with Crippen molar-refractivity contribution in [2.24, 2.45) is 4.99 Å². The highest BCUT2D eigenvalue weighted by atomic mass is 127. The Morgan fingerprint density at radius 1 is 1.29 bits per heavy atom. The highest BCUT2D eigenvalue weighted by molar-refractivity contribution is 14.0. The molecule has 1 amide bonds. The molecule has 1 fully saturated rings. The van der Waals surface area contributed by atoms with E-state index in [0.29, 0.717) is 18.0 Å². The van der Waals surface area contributed by atoms with Gasteiger partial charge in [-0.05, 0) is 54.0 Å². The molecule has 3 N–H and O–H groups in total. The second-order valence-electron chi connectivity index (χ2n) is 7.54. The SMILES string of the molecule is CN=C(NCC(=O)NC(C)(C)C)NCC(C)N1CCCCC1C.I. The molecule has 0 aromatic heterocycles. The van der Waals surface area contributed by atoms with E-state index >= 15 is 0 Å². The molecule has 7 heteroatoms. The van der Waals surface area contributed by atoms with Crippen molar-refractivity contribution in [1.29, 1.82) is 0 Å². The van der Waals surface area contributed by atoms with E-state index in [2.05, 4.69) is 39.7 Å². The molecule has 0 bridgehead atoms. The van der Waals surface area contributed by atoms with E-state index in [0.717, 1.165) is 6.54 Å². The predicted molar refractivity (Wildman–Crippen MR) is 112 cm³/mol. The molecule has 0 radical (unpaired) electrons. The van der Waals surface area contributed by atoms with Crippen LogP contribution in [0.1, 0.15) is 53.9 Å². The fourth-order valence-corrected chi connectivity index (χ4v) is 2.98. The summed E-state index contributed by atoms with van der Waals surface area (Å²) in [6, 6.07) is 1.10. The number of halogens is 1. The normalized spacial score (nSPS) is 20.8. The third kappa shape index (κ3) is 9.05. The Balaban J connectivity index is 0.00000529. The molecule has 0 spiro atoms. The zero-order valence-corrected chi connectivity index (χ0v) is 18.4. The average molecular weight is 453 g/mol. The Hall–Kier alpha value is -0.570. The monoisotopic (exact) mass is 453 g/mol. The van der Waals surface area contributed by atoms with Crippen molar-refractivity contribution < 1.29 is 4.79 Å². The molecule has 0 saturated carbocycles. The number of nitrogens with one attached hydrogen (secondary N) is 3. The van der Waals surface area contributed by atoms with E-state index in [-0.39, 0.29) is 42.0 Å². The molecule has 142 valence electrons. The van der Waals surface area contributed by atoms with Crippen LogP contribution in [-0.4, -0.2) is 61.1 Å². The van der Waals surface area contributed by atoms with Gasteiger partial charge >= 0.3 is 0 Å². The van der Waals surface area contributed by atoms with Crippen molar-refractivity contribution in [1.82, 2.24) is 20.9 Å². The quantitative estimate of drug-likeness (QED) is 0.338. The van der Waals surface area contributed by atoms with E-state index in [1.54, 1.807) is 7.05 Å². The first-order chi connectivity index (χ1) is 10.7. The number of rotatable bonds is 5. The first-order valence-corrected chi connectivity index (χ1v) is 8.74. The van der Waals surface area contributed by atoms with Crippen molar-refractivity contribution in [3.05, 3.63) is 0 Å². The number of carbonyl (C=O) groups is 1. The van der Waals surface area contributed by atoms with Gasteiger partial charge in [-0.1, -0.05) is 6.42 Å². The molecule has 2 atom stereocenters. The number of carbonyl (C=O) groups excluding carboxylic acids is 1. The molecular weight excluding hydrogens is 417 g/mol. The van der Waals surface area contributed by atoms with Crippen molar-refractivity contribution in [3.8, 4) is 0 Å². The molecule has 0 aromatic carbocycles. The Labute approximate surface area is 164 Å². The van der Waals surface area contributed by atoms with E-state index in [1.807, 2.05) is 20.8 Å². The summed E-state index contributed by atoms with van der Waals surface area (Å²) in [5.41, 5.74) is -0.214. The van der Waals surface area contributed by atoms with Crippen LogP contribution in [0.3, 0.4) is 0 Å². The number of piperidine rings is 1. The maximum atomic E-state index is 11.8. The van der Waals surface area contributed by atoms with Crippen LogP contribution in [0.2, 0.25) is 0 Å². The van der Waals surface area contributed by atoms with E-state index < -0.39 is 0 Å². The standard InChI is InChI=1S/C17H35N5O.HI/c1-13-9-7-8-10-22(13)14(2)11-19-16(18-6)20-12-15(23)21-17(3,4)5;/h13-14H,7-12H2,1-6H3,(H,21,23)(H2,18,19,20);1H. The maximum absolute atomic E-state index is 11.8. The minimum atomic E-state index is -0.214. The Bertz CT molecular complexity index is 408. The lowest BCUT2D eigenvalue weighted by molar-refractivity contribution is -0.121. The summed E-state index contributed by atoms with van der Waals surface area (Å²) in [7, 11) is 1.73. The number of guanidine groups is 1. The summed E-state index contributed by atoms with van der Waals surface area (Å²) < 4.78 is 0. The molecular formula is C17H36IN5O. The fraction of sp³-hybridized carbons (Fsp3) is 0.882. The van der Waals surface area contributed by atoms with Gasteiger partial charge in [0.15, 0.2) is 5.96 Å². The lowest BCUT2D eigenvalue weighted by Crippen LogP contribution is -2.52. The van der Waals surface area contributed by atoms with Crippen LogP contribution < -0.4 is 16.0 Å². The van der Waals surface area contributed by atoms with E-state index in [1.165, 1.54) is 25.8 Å². The second-order valence-corrected chi connectivity index (χ2v) is 7.54. The molecule has 1 saturated heterocycles. The summed E-state index contributed by atoms with van der Waals surface area (Å²) in [5.74, 6) is 0.642. The third-order valence-electron chi connectivity index (χ3n) is 4.14. The molecule has 24 heavy (non-hydrogen) atoms. The average Bonchev–Trinajstić information content (AvgIpc) is 2.45. The van der Waals surface area contributed by atoms with Crippen LogP contribution >= 0.6 is 24.0 Å². The van der Waals surface area contributed by atoms with Crippen molar-refractivity contribution >= 4 is 35.8 Å². The number of amides is 1. The molecule has 0 aromatic rings. The van der Waals surface area contributed by atoms with Gasteiger partial charge in [-0.2, -0.15) is 0 Å². The molecule has 1 rings (SSSR count). The smallest absolute Gasteiger partial charge is 0.239 e. The van der Waals surface area contributed by atoms with Gasteiger partial charge in [0.25, 0.3) is 0 Å². The number of hydrogen-bond acceptors (Lipinski definition) is 3. The molecule has 1 aliphatic heterocycles. The fourth-order valence-electron chi connectivity index (χ4n) is 2.98. The zero-order chi connectivity index (χ0) is 17.5. The summed E-state index contributed by atoms with van der Waals surface area (Å²) in [6.45, 7) is 12.7. The van der Waals surface area contributed by atoms with E-state index in [9.17, 15) is 4.79 Å². The minimum absolute atomic E-state index is 0. The molecule has 1 heterocycles. The van der Waals surface area contributed by atoms with Crippen LogP contribution in [0.25, 0.3) is 0 Å². The first kappa shape index (κ1) is 23.4. The molecule has 1 aliphatic rings. The second kappa shape index (κ2) is 11.1. The summed E-state index contributed by atoms with van der Waals surface area (Å²) in [4.78, 5) is 18.6. The summed E-state index contributed by atoms with van der Waals surface area (Å²) >= 11 is 0. The lowest BCUT2D eigenvalue weighted by atomic mass is 10.0. The van der Waals surface area contributed by atoms with Gasteiger partial charge in [0.2, 0.25) is 5.91 Å². The highest BCUT2D eigenvalue weighted by Gasteiger charge is 2.23. The maximum Gasteiger partial charge on any atom is 0.239 e. The van der Waals surface area contributed by atoms with Gasteiger partial charge in [-0.25, -0.2) is 0 Å². The van der Waals surface area contributed by atoms with Crippen LogP contribution in [0, 0.1) is 0 Å². The zero-order valence-electron chi connectivity index (χ0n) is 16.1. The van der Waals surface area contributed by atoms with Crippen LogP contribution in [-0.2, 0) is 4.79 Å². The lowest BCUT2D eigenvalue weighted by Gasteiger charge is -2.38. The Morgan fingerprint density at radius 2 is 1.96 bits per heavy atom. The number of hydrogen-bond donors (Lipinski definition) is 3. The topological polar surface area (TPSA) is 68.8 Å². The van der Waals surface area contributed by atoms with Gasteiger partial charge < -0.3 is 16.0 Å². The van der Waals surface area contributed by atoms with E-state index in [4.69, 9.17) is 0 Å². The van der Waals surface area contributed by atoms with Crippen molar-refractivity contribution in [3.63, 3.8) is 0 Å². The summed E-state index contributed by atoms with van der Waals surface area (Å²) in [6.07, 6.45) is 3.91. The highest BCUT2D eigenvalue weighted by Crippen LogP contribution is 2.18. The predicted octanol–water partition coefficient (Wildman–Crippen LogP) is 1.95. The number of nitrogens with zero attached hydrogens (tertiary/aromatic N) is 2. The third-order valence-corrected chi connectivity index (χ3v) is 4.14. The van der Waals surface area contributed by atoms with Crippen molar-refractivity contribution in [2.75, 3.05) is 26.7 Å². The summed E-state index contributed by atoms with van der Waals surface area (Å²) in [5, 5.41) is 9.32. The largest absolute Gasteiger partial charge is 0.355 e. The van der Waals surface area contributed by atoms with Gasteiger partial charge in [0.05, 0.1) is 6.54 Å². The van der Waals surface area contributed by atoms with Gasteiger partial charge in [0.1, 0.15) is 0 Å². The molecule has 0 aliphatic carbocycles. The van der Waals surface area contributed by atoms with Crippen molar-refractivity contribution in [2.45, 2.75) is 71.5 Å². The van der Waals surface area contributed by atoms with Gasteiger partial charge in [-0.15, -0.1) is 24.0 Å². The van der Waals surface area contributed by atoms with Crippen LogP contribution in [0.4, 0.5) is 0 Å².